The highest BCUT2D eigenvalue weighted by atomic mass is 16.3. The zero-order valence-electron chi connectivity index (χ0n) is 7.76. The highest BCUT2D eigenvalue weighted by Crippen LogP contribution is 2.18. The minimum Gasteiger partial charge on any atom is -0.290 e. The largest absolute Gasteiger partial charge is 0.290 e. The fourth-order valence-electron chi connectivity index (χ4n) is 1.25. The smallest absolute Gasteiger partial charge is 0.181 e. The van der Waals surface area contributed by atoms with E-state index in [4.69, 9.17) is 0 Å². The first-order chi connectivity index (χ1) is 5.74. The highest BCUT2D eigenvalue weighted by Gasteiger charge is 1.98. The normalized spacial score (nSPS) is 10.2. The van der Waals surface area contributed by atoms with Crippen LogP contribution >= 0.6 is 0 Å². The van der Waals surface area contributed by atoms with E-state index < -0.39 is 0 Å². The topological polar surface area (TPSA) is 19.9 Å². The third-order valence-corrected chi connectivity index (χ3v) is 2.06. The van der Waals surface area contributed by atoms with E-state index in [-0.39, 0.29) is 5.75 Å². The van der Waals surface area contributed by atoms with Crippen molar-refractivity contribution in [3.63, 3.8) is 0 Å². The van der Waals surface area contributed by atoms with Crippen LogP contribution in [0.1, 0.15) is 30.9 Å². The summed E-state index contributed by atoms with van der Waals surface area (Å²) in [6.45, 7) is 4.05. The van der Waals surface area contributed by atoms with Crippen LogP contribution in [0.2, 0.25) is 0 Å². The lowest BCUT2D eigenvalue weighted by Gasteiger charge is -2.01. The maximum atomic E-state index is 11.0. The van der Waals surface area contributed by atoms with Gasteiger partial charge in [-0.1, -0.05) is 25.5 Å². The molecule has 0 aliphatic rings. The molecule has 1 rings (SSSR count). The average Bonchev–Trinajstić information content (AvgIpc) is 2.07. The van der Waals surface area contributed by atoms with E-state index in [2.05, 4.69) is 6.92 Å². The van der Waals surface area contributed by atoms with E-state index in [1.54, 1.807) is 6.07 Å². The number of unbranched alkanes of at least 4 members (excludes halogenated alkanes) is 1. The number of rotatable bonds is 3. The van der Waals surface area contributed by atoms with E-state index in [0.29, 0.717) is 0 Å². The van der Waals surface area contributed by atoms with Crippen LogP contribution in [0.3, 0.4) is 0 Å². The van der Waals surface area contributed by atoms with Crippen LogP contribution in [0.25, 0.3) is 0 Å². The Balaban J connectivity index is 2.69. The summed E-state index contributed by atoms with van der Waals surface area (Å²) >= 11 is 0. The van der Waals surface area contributed by atoms with Crippen molar-refractivity contribution in [3.05, 3.63) is 29.3 Å². The molecule has 65 valence electrons. The molecule has 0 unspecified atom stereocenters. The average molecular weight is 163 g/mol. The van der Waals surface area contributed by atoms with Gasteiger partial charge in [-0.05, 0) is 37.0 Å². The summed E-state index contributed by atoms with van der Waals surface area (Å²) in [7, 11) is 0. The van der Waals surface area contributed by atoms with Crippen LogP contribution in [0.4, 0.5) is 0 Å². The minimum absolute atomic E-state index is 0.148. The quantitative estimate of drug-likeness (QED) is 0.650. The molecular weight excluding hydrogens is 148 g/mol. The molecule has 12 heavy (non-hydrogen) atoms. The van der Waals surface area contributed by atoms with Crippen LogP contribution < -0.4 is 0 Å². The molecule has 0 bridgehead atoms. The Morgan fingerprint density at radius 1 is 1.33 bits per heavy atom. The van der Waals surface area contributed by atoms with Crippen molar-refractivity contribution in [1.29, 1.82) is 0 Å². The lowest BCUT2D eigenvalue weighted by molar-refractivity contribution is 0.351. The molecule has 0 fully saturated rings. The van der Waals surface area contributed by atoms with Crippen molar-refractivity contribution in [2.45, 2.75) is 33.1 Å². The second kappa shape index (κ2) is 4.15. The summed E-state index contributed by atoms with van der Waals surface area (Å²) in [5.41, 5.74) is 2.15. The molecule has 0 aromatic heterocycles. The van der Waals surface area contributed by atoms with Gasteiger partial charge in [0.25, 0.3) is 0 Å². The number of aryl methyl sites for hydroxylation is 2. The van der Waals surface area contributed by atoms with Crippen LogP contribution in [0.15, 0.2) is 18.2 Å². The Morgan fingerprint density at radius 2 is 2.08 bits per heavy atom. The number of hydrogen-bond acceptors (Lipinski definition) is 0. The van der Waals surface area contributed by atoms with Gasteiger partial charge in [0.05, 0.1) is 0 Å². The maximum Gasteiger partial charge on any atom is 0.181 e. The van der Waals surface area contributed by atoms with Gasteiger partial charge in [-0.25, -0.2) is 0 Å². The molecule has 0 saturated carbocycles. The van der Waals surface area contributed by atoms with E-state index in [1.807, 2.05) is 19.1 Å². The SMILES string of the molecule is CCCCc1ccc([O])c(C)c1. The molecule has 0 atom stereocenters. The molecule has 0 heterocycles. The summed E-state index contributed by atoms with van der Waals surface area (Å²) in [5.74, 6) is 0.148. The summed E-state index contributed by atoms with van der Waals surface area (Å²) in [6, 6.07) is 5.60. The third-order valence-electron chi connectivity index (χ3n) is 2.06. The first-order valence-electron chi connectivity index (χ1n) is 4.50. The van der Waals surface area contributed by atoms with Gasteiger partial charge < -0.3 is 0 Å². The molecule has 1 aromatic rings. The van der Waals surface area contributed by atoms with Gasteiger partial charge in [0, 0.05) is 0 Å². The molecule has 1 nitrogen and oxygen atoms in total. The lowest BCUT2D eigenvalue weighted by Crippen LogP contribution is -1.85. The molecule has 0 N–H and O–H groups in total. The van der Waals surface area contributed by atoms with E-state index in [0.717, 1.165) is 12.0 Å². The zero-order valence-corrected chi connectivity index (χ0v) is 7.76. The van der Waals surface area contributed by atoms with Gasteiger partial charge >= 0.3 is 0 Å². The van der Waals surface area contributed by atoms with Crippen molar-refractivity contribution in [1.82, 2.24) is 0 Å². The standard InChI is InChI=1S/C11H15O/c1-3-4-5-10-6-7-11(12)9(2)8-10/h6-8H,3-5H2,1-2H3. The van der Waals surface area contributed by atoms with Gasteiger partial charge in [-0.3, -0.25) is 5.11 Å². The van der Waals surface area contributed by atoms with Crippen molar-refractivity contribution < 1.29 is 5.11 Å². The van der Waals surface area contributed by atoms with Gasteiger partial charge in [-0.15, -0.1) is 0 Å². The summed E-state index contributed by atoms with van der Waals surface area (Å²) in [4.78, 5) is 0. The first kappa shape index (κ1) is 9.11. The monoisotopic (exact) mass is 163 g/mol. The molecule has 1 heteroatoms. The lowest BCUT2D eigenvalue weighted by atomic mass is 10.1. The molecule has 0 saturated heterocycles. The number of benzene rings is 1. The molecule has 0 spiro atoms. The second-order valence-electron chi connectivity index (χ2n) is 3.20. The van der Waals surface area contributed by atoms with Crippen molar-refractivity contribution in [3.8, 4) is 5.75 Å². The van der Waals surface area contributed by atoms with Crippen LogP contribution in [0.5, 0.6) is 5.75 Å². The van der Waals surface area contributed by atoms with Crippen molar-refractivity contribution >= 4 is 0 Å². The molecule has 0 aliphatic carbocycles. The Kier molecular flexibility index (Phi) is 3.15. The van der Waals surface area contributed by atoms with Gasteiger partial charge in [0.2, 0.25) is 0 Å². The summed E-state index contributed by atoms with van der Waals surface area (Å²) in [6.07, 6.45) is 3.51. The van der Waals surface area contributed by atoms with Crippen LogP contribution in [0, 0.1) is 6.92 Å². The van der Waals surface area contributed by atoms with E-state index in [9.17, 15) is 5.11 Å². The molecule has 0 aliphatic heterocycles. The molecule has 0 amide bonds. The number of hydrogen-bond donors (Lipinski definition) is 0. The van der Waals surface area contributed by atoms with Crippen LogP contribution in [-0.2, 0) is 11.5 Å². The predicted molar refractivity (Wildman–Crippen MR) is 49.9 cm³/mol. The minimum atomic E-state index is 0.148. The van der Waals surface area contributed by atoms with Crippen molar-refractivity contribution in [2.24, 2.45) is 0 Å². The summed E-state index contributed by atoms with van der Waals surface area (Å²) in [5, 5.41) is 11.0. The maximum absolute atomic E-state index is 11.0. The van der Waals surface area contributed by atoms with E-state index >= 15 is 0 Å². The van der Waals surface area contributed by atoms with Gasteiger partial charge in [-0.2, -0.15) is 0 Å². The summed E-state index contributed by atoms with van der Waals surface area (Å²) < 4.78 is 0. The molecule has 1 aromatic carbocycles. The fourth-order valence-corrected chi connectivity index (χ4v) is 1.25. The Labute approximate surface area is 74.1 Å². The highest BCUT2D eigenvalue weighted by molar-refractivity contribution is 5.34. The van der Waals surface area contributed by atoms with Gasteiger partial charge in [0.1, 0.15) is 0 Å². The second-order valence-corrected chi connectivity index (χ2v) is 3.20. The Hall–Kier alpha value is -0.980. The Morgan fingerprint density at radius 3 is 2.67 bits per heavy atom. The first-order valence-corrected chi connectivity index (χ1v) is 4.50. The van der Waals surface area contributed by atoms with Crippen LogP contribution in [-0.4, -0.2) is 0 Å². The predicted octanol–water partition coefficient (Wildman–Crippen LogP) is 3.48. The molecule has 1 radical (unpaired) electrons. The zero-order chi connectivity index (χ0) is 8.97. The fraction of sp³-hybridized carbons (Fsp3) is 0.455. The van der Waals surface area contributed by atoms with E-state index in [1.165, 1.54) is 18.4 Å². The third kappa shape index (κ3) is 2.26. The van der Waals surface area contributed by atoms with Crippen molar-refractivity contribution in [2.75, 3.05) is 0 Å². The molecular formula is C11H15O. The Bertz CT molecular complexity index is 253. The van der Waals surface area contributed by atoms with Gasteiger partial charge in [0.15, 0.2) is 5.75 Å².